The number of aromatic amines is 1. The number of nitrogens with zero attached hydrogens (tertiary/aromatic N) is 2. The number of nitrogens with one attached hydrogen (secondary N) is 2. The molecule has 0 aliphatic rings. The molecule has 3 aromatic rings. The third-order valence-corrected chi connectivity index (χ3v) is 4.75. The summed E-state index contributed by atoms with van der Waals surface area (Å²) in [5, 5.41) is 12.8. The number of fused-ring (bicyclic) bond motifs is 1. The first-order valence-electron chi connectivity index (χ1n) is 7.07. The Kier molecular flexibility index (Phi) is 4.19. The number of hydrogen-bond donors (Lipinski definition) is 2. The van der Waals surface area contributed by atoms with E-state index in [1.807, 2.05) is 0 Å². The predicted octanol–water partition coefficient (Wildman–Crippen LogP) is 1.88. The first-order valence-corrected chi connectivity index (χ1v) is 8.72. The van der Waals surface area contributed by atoms with Crippen molar-refractivity contribution >= 4 is 38.2 Å². The van der Waals surface area contributed by atoms with Gasteiger partial charge in [0.1, 0.15) is 5.75 Å². The van der Waals surface area contributed by atoms with Gasteiger partial charge in [0.2, 0.25) is 20.9 Å². The average Bonchev–Trinajstić information content (AvgIpc) is 2.99. The van der Waals surface area contributed by atoms with Crippen LogP contribution in [0.2, 0.25) is 0 Å². The van der Waals surface area contributed by atoms with Gasteiger partial charge >= 0.3 is 0 Å². The van der Waals surface area contributed by atoms with Crippen LogP contribution in [0.3, 0.4) is 0 Å². The Morgan fingerprint density at radius 3 is 2.68 bits per heavy atom. The molecular formula is C15H12N4O5S. The summed E-state index contributed by atoms with van der Waals surface area (Å²) in [6.45, 7) is 0. The number of aromatic nitrogens is 2. The van der Waals surface area contributed by atoms with E-state index in [4.69, 9.17) is 0 Å². The molecule has 1 amide bonds. The van der Waals surface area contributed by atoms with Crippen molar-refractivity contribution in [2.45, 2.75) is 5.16 Å². The van der Waals surface area contributed by atoms with Gasteiger partial charge in [-0.2, -0.15) is 0 Å². The third kappa shape index (κ3) is 3.63. The average molecular weight is 360 g/mol. The lowest BCUT2D eigenvalue weighted by atomic mass is 10.3. The fourth-order valence-electron chi connectivity index (χ4n) is 2.21. The van der Waals surface area contributed by atoms with Crippen molar-refractivity contribution in [3.05, 3.63) is 58.6 Å². The number of carbonyl (C=O) groups is 1. The van der Waals surface area contributed by atoms with E-state index >= 15 is 0 Å². The van der Waals surface area contributed by atoms with Crippen LogP contribution < -0.4 is 5.32 Å². The first kappa shape index (κ1) is 16.6. The number of amides is 1. The molecule has 3 rings (SSSR count). The number of anilines is 1. The molecule has 0 radical (unpaired) electrons. The minimum atomic E-state index is -3.98. The number of nitro groups is 1. The number of H-pyrrole nitrogens is 1. The maximum Gasteiger partial charge on any atom is 0.271 e. The van der Waals surface area contributed by atoms with Gasteiger partial charge in [-0.1, -0.05) is 18.2 Å². The molecule has 128 valence electrons. The van der Waals surface area contributed by atoms with Crippen molar-refractivity contribution in [2.75, 3.05) is 11.1 Å². The van der Waals surface area contributed by atoms with Gasteiger partial charge in [-0.15, -0.1) is 0 Å². The number of sulfone groups is 1. The van der Waals surface area contributed by atoms with Crippen molar-refractivity contribution in [1.29, 1.82) is 0 Å². The molecule has 2 aromatic carbocycles. The van der Waals surface area contributed by atoms with E-state index in [1.165, 1.54) is 18.2 Å². The number of carbonyl (C=O) groups excluding carboxylic acids is 1. The first-order chi connectivity index (χ1) is 11.8. The lowest BCUT2D eigenvalue weighted by Crippen LogP contribution is -2.23. The second kappa shape index (κ2) is 6.32. The van der Waals surface area contributed by atoms with E-state index in [9.17, 15) is 23.3 Å². The van der Waals surface area contributed by atoms with E-state index in [1.54, 1.807) is 24.3 Å². The second-order valence-electron chi connectivity index (χ2n) is 5.17. The predicted molar refractivity (Wildman–Crippen MR) is 89.9 cm³/mol. The Balaban J connectivity index is 1.77. The van der Waals surface area contributed by atoms with Crippen LogP contribution in [0.5, 0.6) is 0 Å². The molecule has 9 nitrogen and oxygen atoms in total. The molecule has 0 bridgehead atoms. The summed E-state index contributed by atoms with van der Waals surface area (Å²) >= 11 is 0. The molecule has 1 aromatic heterocycles. The summed E-state index contributed by atoms with van der Waals surface area (Å²) in [5.74, 6) is -1.66. The maximum absolute atomic E-state index is 12.3. The van der Waals surface area contributed by atoms with E-state index in [-0.39, 0.29) is 16.5 Å². The summed E-state index contributed by atoms with van der Waals surface area (Å²) in [6.07, 6.45) is 0. The van der Waals surface area contributed by atoms with Gasteiger partial charge in [0.15, 0.2) is 0 Å². The number of nitro benzene ring substituents is 1. The normalized spacial score (nSPS) is 11.4. The summed E-state index contributed by atoms with van der Waals surface area (Å²) in [7, 11) is -3.98. The molecule has 0 atom stereocenters. The van der Waals surface area contributed by atoms with E-state index < -0.39 is 26.4 Å². The molecule has 10 heteroatoms. The largest absolute Gasteiger partial charge is 0.329 e. The smallest absolute Gasteiger partial charge is 0.271 e. The molecule has 0 spiro atoms. The Labute approximate surface area is 141 Å². The van der Waals surface area contributed by atoms with Crippen LogP contribution >= 0.6 is 0 Å². The van der Waals surface area contributed by atoms with E-state index in [0.717, 1.165) is 6.07 Å². The second-order valence-corrected chi connectivity index (χ2v) is 7.08. The van der Waals surface area contributed by atoms with E-state index in [2.05, 4.69) is 15.3 Å². The highest BCUT2D eigenvalue weighted by Crippen LogP contribution is 2.18. The Hall–Kier alpha value is -3.27. The van der Waals surface area contributed by atoms with Crippen LogP contribution in [0.25, 0.3) is 11.0 Å². The molecule has 1 heterocycles. The minimum absolute atomic E-state index is 0.138. The molecule has 0 aliphatic heterocycles. The number of para-hydroxylation sites is 2. The van der Waals surface area contributed by atoms with Crippen LogP contribution in [0.4, 0.5) is 11.4 Å². The van der Waals surface area contributed by atoms with Crippen LogP contribution in [0.1, 0.15) is 0 Å². The van der Waals surface area contributed by atoms with Gasteiger partial charge in [0.05, 0.1) is 16.0 Å². The zero-order valence-corrected chi connectivity index (χ0v) is 13.5. The van der Waals surface area contributed by atoms with Crippen molar-refractivity contribution in [1.82, 2.24) is 9.97 Å². The van der Waals surface area contributed by atoms with E-state index in [0.29, 0.717) is 11.0 Å². The molecule has 2 N–H and O–H groups in total. The standard InChI is InChI=1S/C15H12N4O5S/c20-14(16-10-4-3-5-11(8-10)19(21)22)9-25(23,24)15-17-12-6-1-2-7-13(12)18-15/h1-8H,9H2,(H,16,20)(H,17,18). The zero-order valence-electron chi connectivity index (χ0n) is 12.7. The zero-order chi connectivity index (χ0) is 18.0. The quantitative estimate of drug-likeness (QED) is 0.527. The van der Waals surface area contributed by atoms with Crippen LogP contribution in [0, 0.1) is 10.1 Å². The molecule has 0 saturated carbocycles. The number of rotatable bonds is 5. The summed E-state index contributed by atoms with van der Waals surface area (Å²) in [5.41, 5.74) is 0.942. The summed E-state index contributed by atoms with van der Waals surface area (Å²) in [4.78, 5) is 28.7. The lowest BCUT2D eigenvalue weighted by molar-refractivity contribution is -0.384. The molecule has 0 aliphatic carbocycles. The van der Waals surface area contributed by atoms with Crippen molar-refractivity contribution in [3.63, 3.8) is 0 Å². The molecule has 0 unspecified atom stereocenters. The van der Waals surface area contributed by atoms with Gasteiger partial charge in [0, 0.05) is 17.8 Å². The van der Waals surface area contributed by atoms with Gasteiger partial charge in [-0.3, -0.25) is 14.9 Å². The molecule has 0 fully saturated rings. The number of benzene rings is 2. The lowest BCUT2D eigenvalue weighted by Gasteiger charge is -2.05. The minimum Gasteiger partial charge on any atom is -0.329 e. The van der Waals surface area contributed by atoms with Gasteiger partial charge in [0.25, 0.3) is 5.69 Å². The number of non-ortho nitro benzene ring substituents is 1. The number of hydrogen-bond acceptors (Lipinski definition) is 6. The highest BCUT2D eigenvalue weighted by molar-refractivity contribution is 7.92. The number of imidazole rings is 1. The maximum atomic E-state index is 12.3. The van der Waals surface area contributed by atoms with Gasteiger partial charge < -0.3 is 10.3 Å². The van der Waals surface area contributed by atoms with Crippen molar-refractivity contribution in [3.8, 4) is 0 Å². The van der Waals surface area contributed by atoms with Crippen LogP contribution in [-0.2, 0) is 14.6 Å². The molecular weight excluding hydrogens is 348 g/mol. The van der Waals surface area contributed by atoms with Crippen molar-refractivity contribution in [2.24, 2.45) is 0 Å². The Morgan fingerprint density at radius 2 is 1.96 bits per heavy atom. The highest BCUT2D eigenvalue weighted by Gasteiger charge is 2.23. The van der Waals surface area contributed by atoms with Gasteiger partial charge in [-0.05, 0) is 18.2 Å². The highest BCUT2D eigenvalue weighted by atomic mass is 32.2. The summed E-state index contributed by atoms with van der Waals surface area (Å²) in [6, 6.07) is 12.0. The monoisotopic (exact) mass is 360 g/mol. The fraction of sp³-hybridized carbons (Fsp3) is 0.0667. The fourth-order valence-corrected chi connectivity index (χ4v) is 3.27. The topological polar surface area (TPSA) is 135 Å². The van der Waals surface area contributed by atoms with Gasteiger partial charge in [-0.25, -0.2) is 13.4 Å². The van der Waals surface area contributed by atoms with Crippen LogP contribution in [-0.4, -0.2) is 35.0 Å². The molecule has 0 saturated heterocycles. The Morgan fingerprint density at radius 1 is 1.20 bits per heavy atom. The van der Waals surface area contributed by atoms with Crippen LogP contribution in [0.15, 0.2) is 53.7 Å². The SMILES string of the molecule is O=C(CS(=O)(=O)c1nc2ccccc2[nH]1)Nc1cccc([N+](=O)[O-])c1. The summed E-state index contributed by atoms with van der Waals surface area (Å²) < 4.78 is 24.6. The molecule has 25 heavy (non-hydrogen) atoms. The Bertz CT molecular complexity index is 1040. The third-order valence-electron chi connectivity index (χ3n) is 3.32. The van der Waals surface area contributed by atoms with Crippen molar-refractivity contribution < 1.29 is 18.1 Å².